The van der Waals surface area contributed by atoms with E-state index < -0.39 is 0 Å². The van der Waals surface area contributed by atoms with Gasteiger partial charge in [0.2, 0.25) is 0 Å². The van der Waals surface area contributed by atoms with Crippen LogP contribution in [0.3, 0.4) is 0 Å². The number of carbonyl (C=O) groups excluding carboxylic acids is 1. The average Bonchev–Trinajstić information content (AvgIpc) is 3.44. The molecular formula is C25H26N6OS. The third-order valence-electron chi connectivity index (χ3n) is 5.74. The molecule has 0 spiro atoms. The largest absolute Gasteiger partial charge is 0.298 e. The number of benzene rings is 1. The summed E-state index contributed by atoms with van der Waals surface area (Å²) in [5.74, 6) is 0.614. The molecule has 8 heteroatoms. The van der Waals surface area contributed by atoms with Crippen LogP contribution in [0.15, 0.2) is 60.9 Å². The SMILES string of the molecule is CC(C)c1c(C(=O)Nc2nc3c(s2)CN(Cc2ccccc2)CC3)cnn1-c1ccccn1. The van der Waals surface area contributed by atoms with Gasteiger partial charge in [0, 0.05) is 37.1 Å². The molecule has 7 nitrogen and oxygen atoms in total. The van der Waals surface area contributed by atoms with Crippen molar-refractivity contribution >= 4 is 22.4 Å². The Hall–Kier alpha value is -3.36. The van der Waals surface area contributed by atoms with Crippen LogP contribution < -0.4 is 5.32 Å². The summed E-state index contributed by atoms with van der Waals surface area (Å²) in [5.41, 5.74) is 3.79. The first-order valence-corrected chi connectivity index (χ1v) is 12.0. The van der Waals surface area contributed by atoms with Gasteiger partial charge >= 0.3 is 0 Å². The summed E-state index contributed by atoms with van der Waals surface area (Å²) in [6, 6.07) is 16.2. The number of amides is 1. The van der Waals surface area contributed by atoms with E-state index >= 15 is 0 Å². The molecule has 1 N–H and O–H groups in total. The van der Waals surface area contributed by atoms with Crippen molar-refractivity contribution in [3.05, 3.63) is 88.3 Å². The maximum Gasteiger partial charge on any atom is 0.260 e. The Labute approximate surface area is 197 Å². The second-order valence-electron chi connectivity index (χ2n) is 8.49. The molecule has 1 amide bonds. The molecule has 168 valence electrons. The zero-order chi connectivity index (χ0) is 22.8. The lowest BCUT2D eigenvalue weighted by molar-refractivity contribution is 0.102. The van der Waals surface area contributed by atoms with Gasteiger partial charge in [-0.1, -0.05) is 50.2 Å². The molecule has 1 aromatic carbocycles. The molecule has 33 heavy (non-hydrogen) atoms. The van der Waals surface area contributed by atoms with Crippen LogP contribution in [0.1, 0.15) is 52.0 Å². The molecule has 0 fully saturated rings. The van der Waals surface area contributed by atoms with E-state index in [-0.39, 0.29) is 11.8 Å². The van der Waals surface area contributed by atoms with Gasteiger partial charge in [-0.15, -0.1) is 11.3 Å². The summed E-state index contributed by atoms with van der Waals surface area (Å²) >= 11 is 1.57. The van der Waals surface area contributed by atoms with E-state index in [0.717, 1.165) is 37.4 Å². The molecule has 3 aromatic heterocycles. The van der Waals surface area contributed by atoms with Gasteiger partial charge in [-0.2, -0.15) is 5.10 Å². The molecule has 4 aromatic rings. The fraction of sp³-hybridized carbons (Fsp3) is 0.280. The van der Waals surface area contributed by atoms with Crippen molar-refractivity contribution in [2.45, 2.75) is 39.3 Å². The topological polar surface area (TPSA) is 75.9 Å². The fourth-order valence-corrected chi connectivity index (χ4v) is 5.24. The van der Waals surface area contributed by atoms with Crippen LogP contribution in [-0.2, 0) is 19.5 Å². The normalized spacial score (nSPS) is 13.8. The Bertz CT molecular complexity index is 1250. The lowest BCUT2D eigenvalue weighted by Gasteiger charge is -2.25. The molecule has 0 saturated heterocycles. The number of nitrogens with one attached hydrogen (secondary N) is 1. The van der Waals surface area contributed by atoms with Crippen LogP contribution in [0.5, 0.6) is 0 Å². The lowest BCUT2D eigenvalue weighted by Crippen LogP contribution is -2.29. The molecule has 0 atom stereocenters. The molecule has 4 heterocycles. The number of aromatic nitrogens is 4. The number of rotatable bonds is 6. The van der Waals surface area contributed by atoms with Crippen LogP contribution in [0.2, 0.25) is 0 Å². The van der Waals surface area contributed by atoms with Crippen molar-refractivity contribution < 1.29 is 4.79 Å². The van der Waals surface area contributed by atoms with Crippen molar-refractivity contribution in [1.29, 1.82) is 0 Å². The van der Waals surface area contributed by atoms with Gasteiger partial charge in [-0.25, -0.2) is 14.6 Å². The molecule has 0 radical (unpaired) electrons. The zero-order valence-corrected chi connectivity index (χ0v) is 19.5. The van der Waals surface area contributed by atoms with Crippen molar-refractivity contribution in [1.82, 2.24) is 24.6 Å². The minimum Gasteiger partial charge on any atom is -0.298 e. The Balaban J connectivity index is 1.32. The molecule has 0 unspecified atom stereocenters. The second kappa shape index (κ2) is 9.25. The van der Waals surface area contributed by atoms with Gasteiger partial charge in [-0.3, -0.25) is 15.0 Å². The molecular weight excluding hydrogens is 432 g/mol. The number of fused-ring (bicyclic) bond motifs is 1. The summed E-state index contributed by atoms with van der Waals surface area (Å²) in [6.07, 6.45) is 4.24. The molecule has 1 aliphatic rings. The second-order valence-corrected chi connectivity index (χ2v) is 9.57. The Morgan fingerprint density at radius 2 is 1.97 bits per heavy atom. The van der Waals surface area contributed by atoms with Crippen LogP contribution in [0, 0.1) is 0 Å². The number of nitrogens with zero attached hydrogens (tertiary/aromatic N) is 5. The van der Waals surface area contributed by atoms with Crippen molar-refractivity contribution in [3.63, 3.8) is 0 Å². The number of carbonyl (C=O) groups is 1. The fourth-order valence-electron chi connectivity index (χ4n) is 4.19. The maximum absolute atomic E-state index is 13.2. The highest BCUT2D eigenvalue weighted by molar-refractivity contribution is 7.15. The van der Waals surface area contributed by atoms with Crippen molar-refractivity contribution in [3.8, 4) is 5.82 Å². The Morgan fingerprint density at radius 1 is 1.15 bits per heavy atom. The molecule has 5 rings (SSSR count). The summed E-state index contributed by atoms with van der Waals surface area (Å²) in [6.45, 7) is 6.84. The standard InChI is InChI=1S/C25H26N6OS/c1-17(2)23-19(14-27-31(23)22-10-6-7-12-26-22)24(32)29-25-28-20-11-13-30(16-21(20)33-25)15-18-8-4-3-5-9-18/h3-10,12,14,17H,11,13,15-16H2,1-2H3,(H,28,29,32). The van der Waals surface area contributed by atoms with Gasteiger partial charge in [0.05, 0.1) is 23.1 Å². The highest BCUT2D eigenvalue weighted by atomic mass is 32.1. The highest BCUT2D eigenvalue weighted by Crippen LogP contribution is 2.30. The van der Waals surface area contributed by atoms with Crippen molar-refractivity contribution in [2.24, 2.45) is 0 Å². The van der Waals surface area contributed by atoms with Gasteiger partial charge in [0.15, 0.2) is 10.9 Å². The van der Waals surface area contributed by atoms with Crippen LogP contribution >= 0.6 is 11.3 Å². The van der Waals surface area contributed by atoms with E-state index in [1.165, 1.54) is 10.4 Å². The van der Waals surface area contributed by atoms with Gasteiger partial charge in [0.25, 0.3) is 5.91 Å². The first-order chi connectivity index (χ1) is 16.1. The van der Waals surface area contributed by atoms with E-state index in [4.69, 9.17) is 4.98 Å². The van der Waals surface area contributed by atoms with E-state index in [1.54, 1.807) is 28.4 Å². The third-order valence-corrected chi connectivity index (χ3v) is 6.74. The highest BCUT2D eigenvalue weighted by Gasteiger charge is 2.24. The molecule has 1 aliphatic heterocycles. The van der Waals surface area contributed by atoms with Crippen LogP contribution in [-0.4, -0.2) is 37.1 Å². The molecule has 0 aliphatic carbocycles. The first kappa shape index (κ1) is 21.5. The summed E-state index contributed by atoms with van der Waals surface area (Å²) in [5, 5.41) is 8.12. The Morgan fingerprint density at radius 3 is 2.73 bits per heavy atom. The quantitative estimate of drug-likeness (QED) is 0.455. The van der Waals surface area contributed by atoms with Crippen LogP contribution in [0.4, 0.5) is 5.13 Å². The van der Waals surface area contributed by atoms with E-state index in [1.807, 2.05) is 24.3 Å². The number of anilines is 1. The van der Waals surface area contributed by atoms with Gasteiger partial charge < -0.3 is 0 Å². The summed E-state index contributed by atoms with van der Waals surface area (Å²) in [4.78, 5) is 25.9. The number of thiazole rings is 1. The number of pyridine rings is 1. The first-order valence-electron chi connectivity index (χ1n) is 11.1. The predicted molar refractivity (Wildman–Crippen MR) is 130 cm³/mol. The smallest absolute Gasteiger partial charge is 0.260 e. The van der Waals surface area contributed by atoms with E-state index in [9.17, 15) is 4.79 Å². The van der Waals surface area contributed by atoms with Crippen LogP contribution in [0.25, 0.3) is 5.82 Å². The molecule has 0 bridgehead atoms. The van der Waals surface area contributed by atoms with Gasteiger partial charge in [0.1, 0.15) is 0 Å². The Kier molecular flexibility index (Phi) is 6.02. The lowest BCUT2D eigenvalue weighted by atomic mass is 10.1. The predicted octanol–water partition coefficient (Wildman–Crippen LogP) is 4.66. The number of hydrogen-bond donors (Lipinski definition) is 1. The van der Waals surface area contributed by atoms with Gasteiger partial charge in [-0.05, 0) is 23.6 Å². The minimum absolute atomic E-state index is 0.103. The molecule has 0 saturated carbocycles. The van der Waals surface area contributed by atoms with Crippen molar-refractivity contribution in [2.75, 3.05) is 11.9 Å². The van der Waals surface area contributed by atoms with E-state index in [0.29, 0.717) is 16.5 Å². The summed E-state index contributed by atoms with van der Waals surface area (Å²) < 4.78 is 1.74. The maximum atomic E-state index is 13.2. The number of hydrogen-bond acceptors (Lipinski definition) is 6. The summed E-state index contributed by atoms with van der Waals surface area (Å²) in [7, 11) is 0. The average molecular weight is 459 g/mol. The minimum atomic E-state index is -0.187. The monoisotopic (exact) mass is 458 g/mol. The third kappa shape index (κ3) is 4.58. The van der Waals surface area contributed by atoms with E-state index in [2.05, 4.69) is 58.4 Å². The zero-order valence-electron chi connectivity index (χ0n) is 18.7.